The number of hydrogen-bond donors (Lipinski definition) is 1. The first-order valence-electron chi connectivity index (χ1n) is 5.11. The van der Waals surface area contributed by atoms with Crippen molar-refractivity contribution < 1.29 is 19.4 Å². The summed E-state index contributed by atoms with van der Waals surface area (Å²) in [6.45, 7) is -0.635. The summed E-state index contributed by atoms with van der Waals surface area (Å²) in [5.41, 5.74) is 0.383. The second kappa shape index (κ2) is 4.84. The molecule has 0 aliphatic carbocycles. The molecule has 4 nitrogen and oxygen atoms in total. The molecule has 0 aliphatic heterocycles. The molecule has 0 aliphatic rings. The van der Waals surface area contributed by atoms with E-state index >= 15 is 0 Å². The van der Waals surface area contributed by atoms with Crippen LogP contribution in [0.2, 0.25) is 0 Å². The molecule has 0 heterocycles. The minimum atomic E-state index is -0.635. The average Bonchev–Trinajstić information content (AvgIpc) is 2.37. The van der Waals surface area contributed by atoms with E-state index in [1.165, 1.54) is 0 Å². The number of hydrogen-bond acceptors (Lipinski definition) is 4. The largest absolute Gasteiger partial charge is 0.496 e. The summed E-state index contributed by atoms with van der Waals surface area (Å²) in [6, 6.07) is 10.8. The summed E-state index contributed by atoms with van der Waals surface area (Å²) < 4.78 is 9.82. The second-order valence-corrected chi connectivity index (χ2v) is 3.42. The number of benzene rings is 2. The van der Waals surface area contributed by atoms with Gasteiger partial charge in [-0.15, -0.1) is 0 Å². The molecule has 88 valence electrons. The van der Waals surface area contributed by atoms with Gasteiger partial charge in [-0.1, -0.05) is 24.3 Å². The molecule has 0 spiro atoms. The Hall–Kier alpha value is -2.07. The molecule has 0 fully saturated rings. The van der Waals surface area contributed by atoms with E-state index in [2.05, 4.69) is 4.74 Å². The number of carbonyl (C=O) groups excluding carboxylic acids is 1. The van der Waals surface area contributed by atoms with E-state index in [9.17, 15) is 4.79 Å². The highest BCUT2D eigenvalue weighted by molar-refractivity contribution is 6.07. The van der Waals surface area contributed by atoms with Gasteiger partial charge in [0.05, 0.1) is 12.7 Å². The predicted octanol–water partition coefficient (Wildman–Crippen LogP) is 1.95. The molecule has 2 aromatic rings. The molecule has 0 atom stereocenters. The van der Waals surface area contributed by atoms with Gasteiger partial charge in [-0.05, 0) is 17.5 Å². The Morgan fingerprint density at radius 1 is 1.24 bits per heavy atom. The van der Waals surface area contributed by atoms with Crippen LogP contribution in [0.4, 0.5) is 0 Å². The third-order valence-corrected chi connectivity index (χ3v) is 2.50. The van der Waals surface area contributed by atoms with Crippen LogP contribution in [0.3, 0.4) is 0 Å². The molecule has 0 unspecified atom stereocenters. The van der Waals surface area contributed by atoms with Crippen molar-refractivity contribution >= 4 is 16.7 Å². The number of esters is 1. The van der Waals surface area contributed by atoms with Crippen molar-refractivity contribution in [2.24, 2.45) is 0 Å². The van der Waals surface area contributed by atoms with Crippen LogP contribution >= 0.6 is 0 Å². The van der Waals surface area contributed by atoms with Gasteiger partial charge in [0.25, 0.3) is 0 Å². The molecule has 17 heavy (non-hydrogen) atoms. The summed E-state index contributed by atoms with van der Waals surface area (Å²) in [6.07, 6.45) is 0. The SMILES string of the molecule is COc1cccc2cccc(C(=O)OCO)c12. The van der Waals surface area contributed by atoms with Crippen molar-refractivity contribution in [3.63, 3.8) is 0 Å². The van der Waals surface area contributed by atoms with Crippen LogP contribution in [0, 0.1) is 0 Å². The van der Waals surface area contributed by atoms with Crippen molar-refractivity contribution in [3.8, 4) is 5.75 Å². The summed E-state index contributed by atoms with van der Waals surface area (Å²) >= 11 is 0. The fourth-order valence-electron chi connectivity index (χ4n) is 1.78. The minimum Gasteiger partial charge on any atom is -0.496 e. The Labute approximate surface area is 98.4 Å². The molecule has 0 amide bonds. The lowest BCUT2D eigenvalue weighted by atomic mass is 10.0. The number of aliphatic hydroxyl groups is 1. The van der Waals surface area contributed by atoms with Crippen molar-refractivity contribution in [3.05, 3.63) is 42.0 Å². The van der Waals surface area contributed by atoms with E-state index in [1.807, 2.05) is 18.2 Å². The Balaban J connectivity index is 2.66. The summed E-state index contributed by atoms with van der Waals surface area (Å²) in [4.78, 5) is 11.7. The predicted molar refractivity (Wildman–Crippen MR) is 63.0 cm³/mol. The fourth-order valence-corrected chi connectivity index (χ4v) is 1.78. The summed E-state index contributed by atoms with van der Waals surface area (Å²) in [5.74, 6) is 0.0376. The van der Waals surface area contributed by atoms with Crippen molar-refractivity contribution in [1.29, 1.82) is 0 Å². The number of ether oxygens (including phenoxy) is 2. The van der Waals surface area contributed by atoms with Gasteiger partial charge < -0.3 is 14.6 Å². The van der Waals surface area contributed by atoms with Gasteiger partial charge >= 0.3 is 5.97 Å². The summed E-state index contributed by atoms with van der Waals surface area (Å²) in [7, 11) is 1.54. The van der Waals surface area contributed by atoms with E-state index in [0.717, 1.165) is 5.39 Å². The Morgan fingerprint density at radius 2 is 1.94 bits per heavy atom. The highest BCUT2D eigenvalue weighted by atomic mass is 16.6. The van der Waals surface area contributed by atoms with Gasteiger partial charge in [-0.25, -0.2) is 4.79 Å². The first kappa shape index (κ1) is 11.4. The number of carbonyl (C=O) groups is 1. The number of methoxy groups -OCH3 is 1. The van der Waals surface area contributed by atoms with Crippen LogP contribution in [-0.2, 0) is 4.74 Å². The lowest BCUT2D eigenvalue weighted by Crippen LogP contribution is -2.06. The van der Waals surface area contributed by atoms with Gasteiger partial charge in [-0.3, -0.25) is 0 Å². The second-order valence-electron chi connectivity index (χ2n) is 3.42. The standard InChI is InChI=1S/C13H12O4/c1-16-11-7-3-5-9-4-2-6-10(12(9)11)13(15)17-8-14/h2-7,14H,8H2,1H3. The van der Waals surface area contributed by atoms with E-state index in [1.54, 1.807) is 25.3 Å². The van der Waals surface area contributed by atoms with Crippen LogP contribution in [0.15, 0.2) is 36.4 Å². The van der Waals surface area contributed by atoms with E-state index in [-0.39, 0.29) is 0 Å². The monoisotopic (exact) mass is 232 g/mol. The molecule has 0 radical (unpaired) electrons. The third-order valence-electron chi connectivity index (χ3n) is 2.50. The quantitative estimate of drug-likeness (QED) is 0.649. The van der Waals surface area contributed by atoms with Gasteiger partial charge in [0, 0.05) is 5.39 Å². The molecule has 0 aromatic heterocycles. The summed E-state index contributed by atoms with van der Waals surface area (Å²) in [5, 5.41) is 10.2. The average molecular weight is 232 g/mol. The minimum absolute atomic E-state index is 0.383. The smallest absolute Gasteiger partial charge is 0.341 e. The molecule has 4 heteroatoms. The highest BCUT2D eigenvalue weighted by Crippen LogP contribution is 2.29. The zero-order chi connectivity index (χ0) is 12.3. The Bertz CT molecular complexity index is 543. The third kappa shape index (κ3) is 2.07. The molecule has 2 rings (SSSR count). The molecule has 1 N–H and O–H groups in total. The van der Waals surface area contributed by atoms with Gasteiger partial charge in [-0.2, -0.15) is 0 Å². The van der Waals surface area contributed by atoms with Crippen LogP contribution < -0.4 is 4.74 Å². The highest BCUT2D eigenvalue weighted by Gasteiger charge is 2.14. The van der Waals surface area contributed by atoms with Crippen LogP contribution in [0.5, 0.6) is 5.75 Å². The number of fused-ring (bicyclic) bond motifs is 1. The Kier molecular flexibility index (Phi) is 3.25. The maximum absolute atomic E-state index is 11.7. The number of aliphatic hydroxyl groups excluding tert-OH is 1. The Morgan fingerprint density at radius 3 is 2.59 bits per heavy atom. The van der Waals surface area contributed by atoms with Gasteiger partial charge in [0.15, 0.2) is 6.79 Å². The normalized spacial score (nSPS) is 10.2. The van der Waals surface area contributed by atoms with Crippen LogP contribution in [-0.4, -0.2) is 25.0 Å². The zero-order valence-corrected chi connectivity index (χ0v) is 9.34. The van der Waals surface area contributed by atoms with Crippen LogP contribution in [0.1, 0.15) is 10.4 Å². The van der Waals surface area contributed by atoms with Crippen molar-refractivity contribution in [2.75, 3.05) is 13.9 Å². The molecule has 0 saturated heterocycles. The maximum atomic E-state index is 11.7. The molecule has 2 aromatic carbocycles. The van der Waals surface area contributed by atoms with Crippen molar-refractivity contribution in [1.82, 2.24) is 0 Å². The number of rotatable bonds is 3. The van der Waals surface area contributed by atoms with Gasteiger partial charge in [0.2, 0.25) is 0 Å². The fraction of sp³-hybridized carbons (Fsp3) is 0.154. The molecular weight excluding hydrogens is 220 g/mol. The topological polar surface area (TPSA) is 55.8 Å². The maximum Gasteiger partial charge on any atom is 0.341 e. The van der Waals surface area contributed by atoms with E-state index in [0.29, 0.717) is 16.7 Å². The molecule has 0 bridgehead atoms. The van der Waals surface area contributed by atoms with E-state index < -0.39 is 12.8 Å². The van der Waals surface area contributed by atoms with Crippen LogP contribution in [0.25, 0.3) is 10.8 Å². The van der Waals surface area contributed by atoms with Crippen molar-refractivity contribution in [2.45, 2.75) is 0 Å². The van der Waals surface area contributed by atoms with E-state index in [4.69, 9.17) is 9.84 Å². The lowest BCUT2D eigenvalue weighted by molar-refractivity contribution is 0.00703. The first-order chi connectivity index (χ1) is 8.27. The lowest BCUT2D eigenvalue weighted by Gasteiger charge is -2.09. The zero-order valence-electron chi connectivity index (χ0n) is 9.34. The molecule has 0 saturated carbocycles. The molecular formula is C13H12O4. The first-order valence-corrected chi connectivity index (χ1v) is 5.11. The van der Waals surface area contributed by atoms with Gasteiger partial charge in [0.1, 0.15) is 5.75 Å².